The number of nitrogens with zero attached hydrogens (tertiary/aromatic N) is 4. The fourth-order valence-corrected chi connectivity index (χ4v) is 2.08. The van der Waals surface area contributed by atoms with E-state index < -0.39 is 12.0 Å². The average Bonchev–Trinajstić information content (AvgIpc) is 2.81. The van der Waals surface area contributed by atoms with Gasteiger partial charge in [0, 0.05) is 6.54 Å². The number of hydrogen-bond acceptors (Lipinski definition) is 5. The van der Waals surface area contributed by atoms with Crippen LogP contribution in [0.5, 0.6) is 0 Å². The molecule has 0 fully saturated rings. The SMILES string of the molecule is CCn1cnc2c(N[C@H](CC(C)C)C(=O)O)ncnc21. The van der Waals surface area contributed by atoms with Crippen LogP contribution in [0.25, 0.3) is 11.2 Å². The maximum Gasteiger partial charge on any atom is 0.326 e. The van der Waals surface area contributed by atoms with E-state index in [0.717, 1.165) is 6.54 Å². The zero-order valence-electron chi connectivity index (χ0n) is 11.9. The number of aliphatic carboxylic acids is 1. The summed E-state index contributed by atoms with van der Waals surface area (Å²) in [5, 5.41) is 12.2. The molecule has 7 nitrogen and oxygen atoms in total. The number of carboxylic acids is 1. The molecule has 2 aromatic heterocycles. The molecular formula is C13H19N5O2. The Labute approximate surface area is 117 Å². The van der Waals surface area contributed by atoms with Crippen molar-refractivity contribution in [3.8, 4) is 0 Å². The highest BCUT2D eigenvalue weighted by Gasteiger charge is 2.21. The van der Waals surface area contributed by atoms with E-state index in [-0.39, 0.29) is 5.92 Å². The van der Waals surface area contributed by atoms with Crippen molar-refractivity contribution in [1.82, 2.24) is 19.5 Å². The van der Waals surface area contributed by atoms with Gasteiger partial charge in [0.1, 0.15) is 17.9 Å². The average molecular weight is 277 g/mol. The molecule has 0 amide bonds. The number of nitrogens with one attached hydrogen (secondary N) is 1. The van der Waals surface area contributed by atoms with Crippen LogP contribution in [0, 0.1) is 5.92 Å². The number of imidazole rings is 1. The second-order valence-corrected chi connectivity index (χ2v) is 5.09. The third-order valence-corrected chi connectivity index (χ3v) is 3.06. The van der Waals surface area contributed by atoms with Gasteiger partial charge >= 0.3 is 5.97 Å². The van der Waals surface area contributed by atoms with Crippen LogP contribution in [0.2, 0.25) is 0 Å². The molecule has 0 aliphatic rings. The number of rotatable bonds is 6. The van der Waals surface area contributed by atoms with Gasteiger partial charge in [-0.2, -0.15) is 0 Å². The highest BCUT2D eigenvalue weighted by atomic mass is 16.4. The number of carbonyl (C=O) groups is 1. The smallest absolute Gasteiger partial charge is 0.326 e. The zero-order chi connectivity index (χ0) is 14.7. The second-order valence-electron chi connectivity index (χ2n) is 5.09. The number of aromatic nitrogens is 4. The van der Waals surface area contributed by atoms with Gasteiger partial charge in [0.05, 0.1) is 6.33 Å². The molecule has 1 atom stereocenters. The van der Waals surface area contributed by atoms with Crippen molar-refractivity contribution in [1.29, 1.82) is 0 Å². The van der Waals surface area contributed by atoms with Crippen molar-refractivity contribution in [2.24, 2.45) is 5.92 Å². The molecule has 0 saturated carbocycles. The number of aryl methyl sites for hydroxylation is 1. The summed E-state index contributed by atoms with van der Waals surface area (Å²) in [5.74, 6) is -0.148. The van der Waals surface area contributed by atoms with Crippen molar-refractivity contribution in [3.63, 3.8) is 0 Å². The molecule has 0 aliphatic heterocycles. The molecule has 2 heterocycles. The van der Waals surface area contributed by atoms with Gasteiger partial charge in [0.2, 0.25) is 0 Å². The molecule has 0 spiro atoms. The molecular weight excluding hydrogens is 258 g/mol. The molecule has 7 heteroatoms. The van der Waals surface area contributed by atoms with Crippen LogP contribution in [0.4, 0.5) is 5.82 Å². The largest absolute Gasteiger partial charge is 0.480 e. The van der Waals surface area contributed by atoms with Crippen molar-refractivity contribution >= 4 is 23.0 Å². The summed E-state index contributed by atoms with van der Waals surface area (Å²) in [4.78, 5) is 23.9. The lowest BCUT2D eigenvalue weighted by atomic mass is 10.0. The van der Waals surface area contributed by atoms with E-state index in [0.29, 0.717) is 23.4 Å². The van der Waals surface area contributed by atoms with Gasteiger partial charge in [0.25, 0.3) is 0 Å². The van der Waals surface area contributed by atoms with Gasteiger partial charge < -0.3 is 15.0 Å². The quantitative estimate of drug-likeness (QED) is 0.835. The minimum absolute atomic E-state index is 0.272. The molecule has 108 valence electrons. The van der Waals surface area contributed by atoms with Gasteiger partial charge in [0.15, 0.2) is 11.5 Å². The van der Waals surface area contributed by atoms with Gasteiger partial charge in [-0.15, -0.1) is 0 Å². The summed E-state index contributed by atoms with van der Waals surface area (Å²) < 4.78 is 1.89. The van der Waals surface area contributed by atoms with Crippen LogP contribution in [0.1, 0.15) is 27.2 Å². The van der Waals surface area contributed by atoms with E-state index in [1.54, 1.807) is 6.33 Å². The maximum atomic E-state index is 11.3. The standard InChI is InChI=1S/C13H19N5O2/c1-4-18-7-16-10-11(14-6-15-12(10)18)17-9(13(19)20)5-8(2)3/h6-9H,4-5H2,1-3H3,(H,19,20)(H,14,15,17)/t9-/m1/s1. The van der Waals surface area contributed by atoms with Gasteiger partial charge in [-0.05, 0) is 19.3 Å². The normalized spacial score (nSPS) is 12.8. The fraction of sp³-hybridized carbons (Fsp3) is 0.538. The van der Waals surface area contributed by atoms with E-state index in [1.165, 1.54) is 6.33 Å². The summed E-state index contributed by atoms with van der Waals surface area (Å²) in [6, 6.07) is -0.681. The minimum atomic E-state index is -0.889. The monoisotopic (exact) mass is 277 g/mol. The van der Waals surface area contributed by atoms with Crippen LogP contribution in [-0.2, 0) is 11.3 Å². The summed E-state index contributed by atoms with van der Waals surface area (Å²) in [5.41, 5.74) is 1.31. The third kappa shape index (κ3) is 2.87. The Kier molecular flexibility index (Phi) is 4.16. The molecule has 0 radical (unpaired) electrons. The Morgan fingerprint density at radius 2 is 2.15 bits per heavy atom. The molecule has 2 aromatic rings. The summed E-state index contributed by atoms with van der Waals surface area (Å²) >= 11 is 0. The summed E-state index contributed by atoms with van der Waals surface area (Å²) in [6.07, 6.45) is 3.63. The predicted molar refractivity (Wildman–Crippen MR) is 75.5 cm³/mol. The Morgan fingerprint density at radius 3 is 2.75 bits per heavy atom. The molecule has 0 saturated heterocycles. The molecule has 0 bridgehead atoms. The maximum absolute atomic E-state index is 11.3. The lowest BCUT2D eigenvalue weighted by molar-refractivity contribution is -0.138. The number of carboxylic acid groups (broad SMARTS) is 1. The van der Waals surface area contributed by atoms with E-state index in [1.807, 2.05) is 25.3 Å². The molecule has 0 aromatic carbocycles. The van der Waals surface area contributed by atoms with Gasteiger partial charge in [-0.3, -0.25) is 0 Å². The van der Waals surface area contributed by atoms with Crippen LogP contribution in [0.3, 0.4) is 0 Å². The Bertz CT molecular complexity index is 608. The Balaban J connectivity index is 2.32. The van der Waals surface area contributed by atoms with E-state index in [9.17, 15) is 9.90 Å². The molecule has 0 unspecified atom stereocenters. The van der Waals surface area contributed by atoms with Crippen molar-refractivity contribution < 1.29 is 9.90 Å². The van der Waals surface area contributed by atoms with Gasteiger partial charge in [-0.25, -0.2) is 19.7 Å². The topological polar surface area (TPSA) is 92.9 Å². The van der Waals surface area contributed by atoms with E-state index in [2.05, 4.69) is 20.3 Å². The van der Waals surface area contributed by atoms with E-state index in [4.69, 9.17) is 0 Å². The molecule has 2 N–H and O–H groups in total. The number of hydrogen-bond donors (Lipinski definition) is 2. The predicted octanol–water partition coefficient (Wildman–Crippen LogP) is 1.76. The van der Waals surface area contributed by atoms with Crippen LogP contribution >= 0.6 is 0 Å². The number of anilines is 1. The first-order valence-electron chi connectivity index (χ1n) is 6.68. The van der Waals surface area contributed by atoms with Crippen molar-refractivity contribution in [3.05, 3.63) is 12.7 Å². The second kappa shape index (κ2) is 5.85. The van der Waals surface area contributed by atoms with Crippen LogP contribution in [-0.4, -0.2) is 36.6 Å². The van der Waals surface area contributed by atoms with Crippen molar-refractivity contribution in [2.75, 3.05) is 5.32 Å². The lowest BCUT2D eigenvalue weighted by Crippen LogP contribution is -2.31. The summed E-state index contributed by atoms with van der Waals surface area (Å²) in [6.45, 7) is 6.72. The summed E-state index contributed by atoms with van der Waals surface area (Å²) in [7, 11) is 0. The van der Waals surface area contributed by atoms with Crippen LogP contribution < -0.4 is 5.32 Å². The molecule has 2 rings (SSSR count). The molecule has 20 heavy (non-hydrogen) atoms. The highest BCUT2D eigenvalue weighted by Crippen LogP contribution is 2.19. The van der Waals surface area contributed by atoms with Crippen molar-refractivity contribution in [2.45, 2.75) is 39.8 Å². The van der Waals surface area contributed by atoms with Gasteiger partial charge in [-0.1, -0.05) is 13.8 Å². The first-order valence-corrected chi connectivity index (χ1v) is 6.68. The Hall–Kier alpha value is -2.18. The minimum Gasteiger partial charge on any atom is -0.480 e. The Morgan fingerprint density at radius 1 is 1.40 bits per heavy atom. The number of fused-ring (bicyclic) bond motifs is 1. The highest BCUT2D eigenvalue weighted by molar-refractivity contribution is 5.86. The first kappa shape index (κ1) is 14.2. The first-order chi connectivity index (χ1) is 9.52. The van der Waals surface area contributed by atoms with E-state index >= 15 is 0 Å². The fourth-order valence-electron chi connectivity index (χ4n) is 2.08. The lowest BCUT2D eigenvalue weighted by Gasteiger charge is -2.16. The third-order valence-electron chi connectivity index (χ3n) is 3.06. The molecule has 0 aliphatic carbocycles. The van der Waals surface area contributed by atoms with Crippen LogP contribution in [0.15, 0.2) is 12.7 Å². The zero-order valence-corrected chi connectivity index (χ0v) is 11.9.